The molecule has 2 aromatic carbocycles. The van der Waals surface area contributed by atoms with Crippen LogP contribution in [0.15, 0.2) is 42.5 Å². The maximum absolute atomic E-state index is 12.3. The zero-order chi connectivity index (χ0) is 16.8. The van der Waals surface area contributed by atoms with Gasteiger partial charge in [0.05, 0.1) is 5.56 Å². The SMILES string of the molecule is Cc1cccc(C(=O)NC[C@H](CO)Cc2ccc(Cl)cc2)c1I. The molecule has 1 atom stereocenters. The number of carbonyl (C=O) groups is 1. The molecule has 0 unspecified atom stereocenters. The highest BCUT2D eigenvalue weighted by molar-refractivity contribution is 14.1. The highest BCUT2D eigenvalue weighted by Gasteiger charge is 2.14. The van der Waals surface area contributed by atoms with Crippen molar-refractivity contribution in [2.75, 3.05) is 13.2 Å². The number of halogens is 2. The van der Waals surface area contributed by atoms with Crippen molar-refractivity contribution in [3.05, 3.63) is 67.7 Å². The number of aryl methyl sites for hydroxylation is 1. The van der Waals surface area contributed by atoms with Crippen LogP contribution in [0.5, 0.6) is 0 Å². The van der Waals surface area contributed by atoms with E-state index in [9.17, 15) is 9.90 Å². The monoisotopic (exact) mass is 443 g/mol. The first-order chi connectivity index (χ1) is 11.0. The number of aliphatic hydroxyl groups excluding tert-OH is 1. The molecule has 0 aliphatic rings. The summed E-state index contributed by atoms with van der Waals surface area (Å²) in [5.74, 6) is -0.129. The molecule has 0 aliphatic heterocycles. The van der Waals surface area contributed by atoms with Crippen LogP contribution in [0.3, 0.4) is 0 Å². The van der Waals surface area contributed by atoms with Crippen molar-refractivity contribution < 1.29 is 9.90 Å². The molecule has 0 aromatic heterocycles. The number of aliphatic hydroxyl groups is 1. The molecule has 0 saturated heterocycles. The molecular weight excluding hydrogens is 425 g/mol. The minimum Gasteiger partial charge on any atom is -0.396 e. The fourth-order valence-corrected chi connectivity index (χ4v) is 3.04. The molecule has 2 aromatic rings. The topological polar surface area (TPSA) is 49.3 Å². The van der Waals surface area contributed by atoms with Crippen LogP contribution in [0.4, 0.5) is 0 Å². The lowest BCUT2D eigenvalue weighted by atomic mass is 10.00. The zero-order valence-corrected chi connectivity index (χ0v) is 15.8. The first-order valence-electron chi connectivity index (χ1n) is 7.40. The second-order valence-electron chi connectivity index (χ2n) is 5.53. The number of carbonyl (C=O) groups excluding carboxylic acids is 1. The Morgan fingerprint density at radius 3 is 2.61 bits per heavy atom. The largest absolute Gasteiger partial charge is 0.396 e. The lowest BCUT2D eigenvalue weighted by Crippen LogP contribution is -2.32. The number of benzene rings is 2. The van der Waals surface area contributed by atoms with E-state index >= 15 is 0 Å². The first-order valence-corrected chi connectivity index (χ1v) is 8.85. The van der Waals surface area contributed by atoms with E-state index in [1.54, 1.807) is 0 Å². The molecule has 2 rings (SSSR count). The average Bonchev–Trinajstić information content (AvgIpc) is 2.55. The van der Waals surface area contributed by atoms with Gasteiger partial charge in [-0.1, -0.05) is 35.9 Å². The van der Waals surface area contributed by atoms with E-state index in [2.05, 4.69) is 27.9 Å². The Morgan fingerprint density at radius 1 is 1.26 bits per heavy atom. The van der Waals surface area contributed by atoms with Crippen LogP contribution in [0.1, 0.15) is 21.5 Å². The molecule has 0 bridgehead atoms. The van der Waals surface area contributed by atoms with Gasteiger partial charge >= 0.3 is 0 Å². The van der Waals surface area contributed by atoms with Crippen molar-refractivity contribution in [2.45, 2.75) is 13.3 Å². The van der Waals surface area contributed by atoms with Crippen molar-refractivity contribution in [3.8, 4) is 0 Å². The highest BCUT2D eigenvalue weighted by atomic mass is 127. The summed E-state index contributed by atoms with van der Waals surface area (Å²) >= 11 is 8.06. The number of nitrogens with one attached hydrogen (secondary N) is 1. The smallest absolute Gasteiger partial charge is 0.252 e. The van der Waals surface area contributed by atoms with E-state index in [4.69, 9.17) is 11.6 Å². The Balaban J connectivity index is 1.96. The molecule has 0 saturated carbocycles. The molecule has 0 spiro atoms. The number of amides is 1. The third-order valence-corrected chi connectivity index (χ3v) is 5.37. The second-order valence-corrected chi connectivity index (χ2v) is 7.04. The Bertz CT molecular complexity index is 673. The first kappa shape index (κ1) is 18.2. The molecule has 0 fully saturated rings. The van der Waals surface area contributed by atoms with Gasteiger partial charge in [-0.2, -0.15) is 0 Å². The van der Waals surface area contributed by atoms with Crippen LogP contribution in [-0.2, 0) is 6.42 Å². The summed E-state index contributed by atoms with van der Waals surface area (Å²) in [6.07, 6.45) is 0.693. The lowest BCUT2D eigenvalue weighted by molar-refractivity contribution is 0.0939. The van der Waals surface area contributed by atoms with Crippen molar-refractivity contribution >= 4 is 40.1 Å². The number of hydrogen-bond donors (Lipinski definition) is 2. The Labute approximate surface area is 155 Å². The average molecular weight is 444 g/mol. The van der Waals surface area contributed by atoms with Crippen molar-refractivity contribution in [2.24, 2.45) is 5.92 Å². The zero-order valence-electron chi connectivity index (χ0n) is 12.9. The fourth-order valence-electron chi connectivity index (χ4n) is 2.31. The van der Waals surface area contributed by atoms with Crippen LogP contribution in [-0.4, -0.2) is 24.2 Å². The summed E-state index contributed by atoms with van der Waals surface area (Å²) in [5.41, 5.74) is 2.85. The molecule has 122 valence electrons. The quantitative estimate of drug-likeness (QED) is 0.667. The molecular formula is C18H19ClINO2. The normalized spacial score (nSPS) is 12.0. The van der Waals surface area contributed by atoms with Gasteiger partial charge in [0.25, 0.3) is 5.91 Å². The molecule has 5 heteroatoms. The van der Waals surface area contributed by atoms with Crippen LogP contribution in [0.25, 0.3) is 0 Å². The molecule has 0 heterocycles. The summed E-state index contributed by atoms with van der Waals surface area (Å²) in [6, 6.07) is 13.2. The summed E-state index contributed by atoms with van der Waals surface area (Å²) < 4.78 is 0.959. The van der Waals surface area contributed by atoms with Crippen LogP contribution < -0.4 is 5.32 Å². The summed E-state index contributed by atoms with van der Waals surface area (Å²) in [7, 11) is 0. The van der Waals surface area contributed by atoms with Gasteiger partial charge in [-0.25, -0.2) is 0 Å². The van der Waals surface area contributed by atoms with E-state index < -0.39 is 0 Å². The Morgan fingerprint density at radius 2 is 1.96 bits per heavy atom. The maximum atomic E-state index is 12.3. The number of hydrogen-bond acceptors (Lipinski definition) is 2. The summed E-state index contributed by atoms with van der Waals surface area (Å²) in [4.78, 5) is 12.3. The van der Waals surface area contributed by atoms with Crippen LogP contribution in [0.2, 0.25) is 5.02 Å². The van der Waals surface area contributed by atoms with Crippen LogP contribution in [0, 0.1) is 16.4 Å². The van der Waals surface area contributed by atoms with Gasteiger partial charge in [0.15, 0.2) is 0 Å². The molecule has 3 nitrogen and oxygen atoms in total. The molecule has 23 heavy (non-hydrogen) atoms. The number of rotatable bonds is 6. The maximum Gasteiger partial charge on any atom is 0.252 e. The predicted octanol–water partition coefficient (Wildman–Crippen LogP) is 3.83. The van der Waals surface area contributed by atoms with Gasteiger partial charge in [0.1, 0.15) is 0 Å². The van der Waals surface area contributed by atoms with Crippen LogP contribution >= 0.6 is 34.2 Å². The van der Waals surface area contributed by atoms with Gasteiger partial charge in [-0.3, -0.25) is 4.79 Å². The highest BCUT2D eigenvalue weighted by Crippen LogP contribution is 2.17. The van der Waals surface area contributed by atoms with Gasteiger partial charge in [-0.15, -0.1) is 0 Å². The van der Waals surface area contributed by atoms with Gasteiger partial charge in [0, 0.05) is 27.7 Å². The van der Waals surface area contributed by atoms with Crippen molar-refractivity contribution in [1.29, 1.82) is 0 Å². The van der Waals surface area contributed by atoms with E-state index in [-0.39, 0.29) is 18.4 Å². The Hall–Kier alpha value is -1.11. The minimum absolute atomic E-state index is 0.0216. The third-order valence-electron chi connectivity index (χ3n) is 3.68. The second kappa shape index (κ2) is 8.66. The van der Waals surface area contributed by atoms with E-state index in [0.717, 1.165) is 14.7 Å². The van der Waals surface area contributed by atoms with Gasteiger partial charge < -0.3 is 10.4 Å². The molecule has 1 amide bonds. The third kappa shape index (κ3) is 5.19. The Kier molecular flexibility index (Phi) is 6.87. The summed E-state index contributed by atoms with van der Waals surface area (Å²) in [5, 5.41) is 13.2. The molecule has 0 aliphatic carbocycles. The van der Waals surface area contributed by atoms with Crippen molar-refractivity contribution in [3.63, 3.8) is 0 Å². The molecule has 2 N–H and O–H groups in total. The van der Waals surface area contributed by atoms with E-state index in [1.165, 1.54) is 0 Å². The van der Waals surface area contributed by atoms with E-state index in [0.29, 0.717) is 23.6 Å². The standard InChI is InChI=1S/C18H19ClINO2/c1-12-3-2-4-16(17(12)20)18(23)21-10-14(11-22)9-13-5-7-15(19)8-6-13/h2-8,14,22H,9-11H2,1H3,(H,21,23)/t14-/m1/s1. The predicted molar refractivity (Wildman–Crippen MR) is 102 cm³/mol. The van der Waals surface area contributed by atoms with Gasteiger partial charge in [-0.05, 0) is 65.3 Å². The van der Waals surface area contributed by atoms with Crippen molar-refractivity contribution in [1.82, 2.24) is 5.32 Å². The summed E-state index contributed by atoms with van der Waals surface area (Å²) in [6.45, 7) is 2.44. The van der Waals surface area contributed by atoms with E-state index in [1.807, 2.05) is 49.4 Å². The van der Waals surface area contributed by atoms with Gasteiger partial charge in [0.2, 0.25) is 0 Å². The minimum atomic E-state index is -0.104. The lowest BCUT2D eigenvalue weighted by Gasteiger charge is -2.16. The fraction of sp³-hybridized carbons (Fsp3) is 0.278. The molecule has 0 radical (unpaired) electrons.